The molecule has 10 heteroatoms. The fourth-order valence-corrected chi connectivity index (χ4v) is 3.40. The van der Waals surface area contributed by atoms with Gasteiger partial charge in [-0.1, -0.05) is 25.1 Å². The molecule has 0 aliphatic rings. The van der Waals surface area contributed by atoms with E-state index in [2.05, 4.69) is 5.32 Å². The highest BCUT2D eigenvalue weighted by Gasteiger charge is 2.52. The number of amides is 1. The van der Waals surface area contributed by atoms with Gasteiger partial charge < -0.3 is 10.4 Å². The number of hydrogen-bond acceptors (Lipinski definition) is 4. The quantitative estimate of drug-likeness (QED) is 0.683. The molecule has 0 radical (unpaired) electrons. The Bertz CT molecular complexity index is 1000. The van der Waals surface area contributed by atoms with E-state index in [0.29, 0.717) is 18.6 Å². The van der Waals surface area contributed by atoms with E-state index >= 15 is 0 Å². The van der Waals surface area contributed by atoms with Gasteiger partial charge in [0.05, 0.1) is 17.1 Å². The molecule has 2 aromatic carbocycles. The SMILES string of the molecule is CCS(=O)(=O)c1ccc(CC(=O)Nc2ccc(C(C)(O)C(F)(F)F)c(F)c2)cc1. The lowest BCUT2D eigenvalue weighted by Gasteiger charge is -2.27. The number of nitrogens with one attached hydrogen (secondary N) is 1. The van der Waals surface area contributed by atoms with Crippen LogP contribution in [0, 0.1) is 5.82 Å². The van der Waals surface area contributed by atoms with Crippen LogP contribution in [0.3, 0.4) is 0 Å². The molecular formula is C19H19F4NO4S. The average molecular weight is 433 g/mol. The van der Waals surface area contributed by atoms with Gasteiger partial charge in [0.1, 0.15) is 5.82 Å². The van der Waals surface area contributed by atoms with Gasteiger partial charge >= 0.3 is 6.18 Å². The minimum Gasteiger partial charge on any atom is -0.376 e. The Morgan fingerprint density at radius 2 is 1.69 bits per heavy atom. The van der Waals surface area contributed by atoms with E-state index in [1.165, 1.54) is 31.2 Å². The number of alkyl halides is 3. The normalized spacial score (nSPS) is 14.3. The Kier molecular flexibility index (Phi) is 6.39. The van der Waals surface area contributed by atoms with Crippen molar-refractivity contribution in [3.63, 3.8) is 0 Å². The number of aliphatic hydroxyl groups is 1. The van der Waals surface area contributed by atoms with Gasteiger partial charge in [0, 0.05) is 11.3 Å². The predicted octanol–water partition coefficient (Wildman–Crippen LogP) is 3.57. The van der Waals surface area contributed by atoms with Crippen LogP contribution >= 0.6 is 0 Å². The van der Waals surface area contributed by atoms with Crippen molar-refractivity contribution >= 4 is 21.4 Å². The zero-order valence-corrected chi connectivity index (χ0v) is 16.4. The lowest BCUT2D eigenvalue weighted by atomic mass is 9.94. The number of sulfone groups is 1. The molecule has 0 aliphatic carbocycles. The zero-order valence-electron chi connectivity index (χ0n) is 15.5. The van der Waals surface area contributed by atoms with Crippen LogP contribution in [0.4, 0.5) is 23.2 Å². The Hall–Kier alpha value is -2.46. The largest absolute Gasteiger partial charge is 0.421 e. The standard InChI is InChI=1S/C19H19F4NO4S/c1-3-29(27,28)14-7-4-12(5-8-14)10-17(25)24-13-6-9-15(16(20)11-13)18(2,26)19(21,22)23/h4-9,11,26H,3,10H2,1-2H3,(H,24,25). The molecule has 29 heavy (non-hydrogen) atoms. The summed E-state index contributed by atoms with van der Waals surface area (Å²) in [6.45, 7) is 1.95. The molecule has 0 aromatic heterocycles. The van der Waals surface area contributed by atoms with Crippen molar-refractivity contribution in [2.24, 2.45) is 0 Å². The summed E-state index contributed by atoms with van der Waals surface area (Å²) < 4.78 is 76.2. The van der Waals surface area contributed by atoms with E-state index in [9.17, 15) is 35.9 Å². The van der Waals surface area contributed by atoms with Gasteiger partial charge in [0.15, 0.2) is 15.4 Å². The summed E-state index contributed by atoms with van der Waals surface area (Å²) in [5, 5.41) is 11.9. The second kappa shape index (κ2) is 8.11. The Labute approximate surface area is 165 Å². The average Bonchev–Trinajstić information content (AvgIpc) is 2.61. The van der Waals surface area contributed by atoms with E-state index in [1.807, 2.05) is 0 Å². The van der Waals surface area contributed by atoms with Crippen molar-refractivity contribution in [3.05, 3.63) is 59.4 Å². The predicted molar refractivity (Wildman–Crippen MR) is 98.5 cm³/mol. The minimum atomic E-state index is -5.07. The maximum atomic E-state index is 14.1. The molecule has 0 heterocycles. The van der Waals surface area contributed by atoms with Crippen molar-refractivity contribution in [3.8, 4) is 0 Å². The monoisotopic (exact) mass is 433 g/mol. The molecule has 0 saturated heterocycles. The molecule has 0 bridgehead atoms. The molecule has 0 aliphatic heterocycles. The zero-order chi connectivity index (χ0) is 22.0. The summed E-state index contributed by atoms with van der Waals surface area (Å²) >= 11 is 0. The van der Waals surface area contributed by atoms with E-state index in [1.54, 1.807) is 0 Å². The molecule has 2 N–H and O–H groups in total. The van der Waals surface area contributed by atoms with Gasteiger partial charge in [0.2, 0.25) is 5.91 Å². The molecule has 1 atom stereocenters. The van der Waals surface area contributed by atoms with Crippen LogP contribution in [0.2, 0.25) is 0 Å². The van der Waals surface area contributed by atoms with Gasteiger partial charge in [-0.25, -0.2) is 12.8 Å². The van der Waals surface area contributed by atoms with Crippen LogP contribution in [0.15, 0.2) is 47.4 Å². The van der Waals surface area contributed by atoms with Crippen molar-refractivity contribution in [1.29, 1.82) is 0 Å². The van der Waals surface area contributed by atoms with E-state index in [0.717, 1.165) is 12.1 Å². The number of carbonyl (C=O) groups excluding carboxylic acids is 1. The Balaban J connectivity index is 2.11. The van der Waals surface area contributed by atoms with Gasteiger partial charge in [-0.2, -0.15) is 13.2 Å². The second-order valence-corrected chi connectivity index (χ2v) is 8.82. The molecule has 1 amide bonds. The molecule has 0 fully saturated rings. The van der Waals surface area contributed by atoms with E-state index in [4.69, 9.17) is 0 Å². The smallest absolute Gasteiger partial charge is 0.376 e. The number of hydrogen-bond donors (Lipinski definition) is 2. The first-order valence-corrected chi connectivity index (χ1v) is 10.1. The molecule has 2 rings (SSSR count). The number of halogens is 4. The molecule has 0 saturated carbocycles. The van der Waals surface area contributed by atoms with Crippen LogP contribution in [-0.2, 0) is 26.7 Å². The minimum absolute atomic E-state index is 0.0599. The Morgan fingerprint density at radius 3 is 2.17 bits per heavy atom. The van der Waals surface area contributed by atoms with Crippen molar-refractivity contribution in [1.82, 2.24) is 0 Å². The summed E-state index contributed by atoms with van der Waals surface area (Å²) in [7, 11) is -3.37. The topological polar surface area (TPSA) is 83.5 Å². The molecule has 2 aromatic rings. The number of benzene rings is 2. The highest BCUT2D eigenvalue weighted by Crippen LogP contribution is 2.39. The lowest BCUT2D eigenvalue weighted by Crippen LogP contribution is -2.40. The third-order valence-electron chi connectivity index (χ3n) is 4.36. The number of anilines is 1. The third-order valence-corrected chi connectivity index (χ3v) is 6.11. The number of carbonyl (C=O) groups is 1. The summed E-state index contributed by atoms with van der Waals surface area (Å²) in [5.74, 6) is -1.96. The van der Waals surface area contributed by atoms with Crippen LogP contribution in [0.25, 0.3) is 0 Å². The summed E-state index contributed by atoms with van der Waals surface area (Å²) in [4.78, 5) is 12.2. The third kappa shape index (κ3) is 5.13. The first-order valence-electron chi connectivity index (χ1n) is 8.48. The maximum absolute atomic E-state index is 14.1. The number of rotatable bonds is 6. The highest BCUT2D eigenvalue weighted by molar-refractivity contribution is 7.91. The molecule has 5 nitrogen and oxygen atoms in total. The fraction of sp³-hybridized carbons (Fsp3) is 0.316. The first kappa shape index (κ1) is 22.8. The van der Waals surface area contributed by atoms with E-state index in [-0.39, 0.29) is 22.8 Å². The molecule has 0 spiro atoms. The van der Waals surface area contributed by atoms with Crippen LogP contribution in [0.1, 0.15) is 25.0 Å². The Morgan fingerprint density at radius 1 is 1.10 bits per heavy atom. The summed E-state index contributed by atoms with van der Waals surface area (Å²) in [6.07, 6.45) is -5.23. The van der Waals surface area contributed by atoms with Crippen molar-refractivity contribution in [2.75, 3.05) is 11.1 Å². The lowest BCUT2D eigenvalue weighted by molar-refractivity contribution is -0.259. The van der Waals surface area contributed by atoms with Crippen molar-refractivity contribution < 1.29 is 35.9 Å². The van der Waals surface area contributed by atoms with Gasteiger partial charge in [-0.3, -0.25) is 4.79 Å². The van der Waals surface area contributed by atoms with Crippen LogP contribution in [-0.4, -0.2) is 31.4 Å². The summed E-state index contributed by atoms with van der Waals surface area (Å²) in [5.41, 5.74) is -3.93. The van der Waals surface area contributed by atoms with Crippen LogP contribution < -0.4 is 5.32 Å². The molecule has 1 unspecified atom stereocenters. The maximum Gasteiger partial charge on any atom is 0.421 e. The van der Waals surface area contributed by atoms with Gasteiger partial charge in [-0.15, -0.1) is 0 Å². The first-order chi connectivity index (χ1) is 13.3. The molecule has 158 valence electrons. The van der Waals surface area contributed by atoms with Gasteiger partial charge in [0.25, 0.3) is 0 Å². The van der Waals surface area contributed by atoms with Crippen LogP contribution in [0.5, 0.6) is 0 Å². The van der Waals surface area contributed by atoms with Crippen molar-refractivity contribution in [2.45, 2.75) is 36.9 Å². The van der Waals surface area contributed by atoms with E-state index < -0.39 is 38.9 Å². The second-order valence-electron chi connectivity index (χ2n) is 6.54. The van der Waals surface area contributed by atoms with Gasteiger partial charge in [-0.05, 0) is 36.8 Å². The summed E-state index contributed by atoms with van der Waals surface area (Å²) in [6, 6.07) is 8.16. The molecular weight excluding hydrogens is 414 g/mol. The highest BCUT2D eigenvalue weighted by atomic mass is 32.2. The fourth-order valence-electron chi connectivity index (χ4n) is 2.51.